The Labute approximate surface area is 111 Å². The molecule has 0 saturated heterocycles. The predicted octanol–water partition coefficient (Wildman–Crippen LogP) is 3.06. The van der Waals surface area contributed by atoms with Gasteiger partial charge in [0.05, 0.1) is 4.90 Å². The first-order valence-corrected chi connectivity index (χ1v) is 7.55. The molecule has 4 heteroatoms. The fourth-order valence-corrected chi connectivity index (χ4v) is 3.62. The molecule has 0 aliphatic heterocycles. The van der Waals surface area contributed by atoms with Gasteiger partial charge in [0.15, 0.2) is 0 Å². The molecular formula is C14H23NO2S. The second-order valence-corrected chi connectivity index (χ2v) is 8.25. The molecule has 0 aliphatic rings. The molecule has 1 rings (SSSR count). The zero-order valence-electron chi connectivity index (χ0n) is 12.0. The smallest absolute Gasteiger partial charge is 0.207 e. The number of hydrogen-bond acceptors (Lipinski definition) is 2. The maximum absolute atomic E-state index is 12.4. The quantitative estimate of drug-likeness (QED) is 0.897. The van der Waals surface area contributed by atoms with E-state index in [1.54, 1.807) is 12.1 Å². The molecule has 0 atom stereocenters. The molecule has 0 radical (unpaired) electrons. The summed E-state index contributed by atoms with van der Waals surface area (Å²) in [5, 5.41) is 0. The van der Waals surface area contributed by atoms with Crippen LogP contribution in [0.1, 0.15) is 47.1 Å². The maximum atomic E-state index is 12.4. The van der Waals surface area contributed by atoms with E-state index in [2.05, 4.69) is 4.72 Å². The summed E-state index contributed by atoms with van der Waals surface area (Å²) < 4.78 is 27.5. The Morgan fingerprint density at radius 1 is 0.944 bits per heavy atom. The van der Waals surface area contributed by atoms with Gasteiger partial charge in [-0.15, -0.1) is 0 Å². The number of nitrogens with one attached hydrogen (secondary N) is 1. The van der Waals surface area contributed by atoms with E-state index in [9.17, 15) is 8.42 Å². The minimum Gasteiger partial charge on any atom is -0.207 e. The molecule has 0 unspecified atom stereocenters. The average Bonchev–Trinajstić information content (AvgIpc) is 2.12. The lowest BCUT2D eigenvalue weighted by atomic mass is 9.87. The monoisotopic (exact) mass is 269 g/mol. The van der Waals surface area contributed by atoms with Crippen LogP contribution in [-0.2, 0) is 15.4 Å². The summed E-state index contributed by atoms with van der Waals surface area (Å²) in [7, 11) is -3.48. The van der Waals surface area contributed by atoms with Crippen LogP contribution in [0.4, 0.5) is 0 Å². The summed E-state index contributed by atoms with van der Waals surface area (Å²) >= 11 is 0. The molecule has 0 spiro atoms. The molecule has 1 N–H and O–H groups in total. The summed E-state index contributed by atoms with van der Waals surface area (Å²) in [5.74, 6) is 0. The van der Waals surface area contributed by atoms with Crippen LogP contribution >= 0.6 is 0 Å². The van der Waals surface area contributed by atoms with E-state index in [1.807, 2.05) is 53.7 Å². The van der Waals surface area contributed by atoms with Crippen LogP contribution in [-0.4, -0.2) is 14.0 Å². The standard InChI is InChI=1S/C14H23NO2S/c1-13(2,3)11-9-7-8-10-12(11)18(16,17)15-14(4,5)6/h7-10,15H,1-6H3. The van der Waals surface area contributed by atoms with Crippen molar-refractivity contribution in [1.82, 2.24) is 4.72 Å². The second kappa shape index (κ2) is 4.67. The lowest BCUT2D eigenvalue weighted by Gasteiger charge is -2.26. The van der Waals surface area contributed by atoms with E-state index in [0.29, 0.717) is 4.90 Å². The topological polar surface area (TPSA) is 46.2 Å². The summed E-state index contributed by atoms with van der Waals surface area (Å²) in [4.78, 5) is 0.368. The summed E-state index contributed by atoms with van der Waals surface area (Å²) in [6.45, 7) is 11.5. The van der Waals surface area contributed by atoms with Crippen LogP contribution in [0.25, 0.3) is 0 Å². The molecule has 3 nitrogen and oxygen atoms in total. The first-order valence-electron chi connectivity index (χ1n) is 6.07. The van der Waals surface area contributed by atoms with Gasteiger partial charge >= 0.3 is 0 Å². The van der Waals surface area contributed by atoms with E-state index in [0.717, 1.165) is 5.56 Å². The number of benzene rings is 1. The Balaban J connectivity index is 3.35. The van der Waals surface area contributed by atoms with E-state index in [1.165, 1.54) is 0 Å². The molecule has 102 valence electrons. The van der Waals surface area contributed by atoms with Crippen LogP contribution in [0.2, 0.25) is 0 Å². The van der Waals surface area contributed by atoms with E-state index >= 15 is 0 Å². The number of rotatable bonds is 2. The molecule has 0 aliphatic carbocycles. The molecule has 0 bridgehead atoms. The third kappa shape index (κ3) is 3.82. The van der Waals surface area contributed by atoms with Gasteiger partial charge in [-0.05, 0) is 37.8 Å². The zero-order chi connectivity index (χ0) is 14.2. The van der Waals surface area contributed by atoms with Gasteiger partial charge in [0, 0.05) is 5.54 Å². The van der Waals surface area contributed by atoms with Crippen molar-refractivity contribution in [2.45, 2.75) is 57.4 Å². The van der Waals surface area contributed by atoms with Gasteiger partial charge < -0.3 is 0 Å². The molecule has 0 saturated carbocycles. The van der Waals surface area contributed by atoms with Crippen LogP contribution in [0.15, 0.2) is 29.2 Å². The van der Waals surface area contributed by atoms with Crippen molar-refractivity contribution in [2.24, 2.45) is 0 Å². The third-order valence-corrected chi connectivity index (χ3v) is 4.24. The Morgan fingerprint density at radius 2 is 1.44 bits per heavy atom. The van der Waals surface area contributed by atoms with Crippen molar-refractivity contribution in [3.05, 3.63) is 29.8 Å². The normalized spacial score (nSPS) is 13.7. The van der Waals surface area contributed by atoms with Crippen LogP contribution in [0.5, 0.6) is 0 Å². The minimum atomic E-state index is -3.48. The van der Waals surface area contributed by atoms with Gasteiger partial charge in [0.1, 0.15) is 0 Å². The van der Waals surface area contributed by atoms with E-state index in [-0.39, 0.29) is 5.41 Å². The molecule has 18 heavy (non-hydrogen) atoms. The molecular weight excluding hydrogens is 246 g/mol. The first-order chi connectivity index (χ1) is 7.93. The molecule has 0 aromatic heterocycles. The van der Waals surface area contributed by atoms with Gasteiger partial charge in [0.2, 0.25) is 10.0 Å². The maximum Gasteiger partial charge on any atom is 0.241 e. The molecule has 0 heterocycles. The lowest BCUT2D eigenvalue weighted by Crippen LogP contribution is -2.41. The highest BCUT2D eigenvalue weighted by Gasteiger charge is 2.28. The lowest BCUT2D eigenvalue weighted by molar-refractivity contribution is 0.487. The van der Waals surface area contributed by atoms with Crippen molar-refractivity contribution in [1.29, 1.82) is 0 Å². The van der Waals surface area contributed by atoms with Gasteiger partial charge in [-0.25, -0.2) is 13.1 Å². The molecule has 0 amide bonds. The van der Waals surface area contributed by atoms with Crippen LogP contribution in [0.3, 0.4) is 0 Å². The molecule has 1 aromatic rings. The minimum absolute atomic E-state index is 0.205. The molecule has 1 aromatic carbocycles. The predicted molar refractivity (Wildman–Crippen MR) is 75.2 cm³/mol. The SMILES string of the molecule is CC(C)(C)NS(=O)(=O)c1ccccc1C(C)(C)C. The van der Waals surface area contributed by atoms with Crippen molar-refractivity contribution < 1.29 is 8.42 Å². The fourth-order valence-electron chi connectivity index (χ4n) is 1.78. The van der Waals surface area contributed by atoms with Crippen molar-refractivity contribution in [2.75, 3.05) is 0 Å². The highest BCUT2D eigenvalue weighted by molar-refractivity contribution is 7.89. The van der Waals surface area contributed by atoms with E-state index in [4.69, 9.17) is 0 Å². The fraction of sp³-hybridized carbons (Fsp3) is 0.571. The number of sulfonamides is 1. The van der Waals surface area contributed by atoms with Crippen molar-refractivity contribution in [3.8, 4) is 0 Å². The van der Waals surface area contributed by atoms with Crippen LogP contribution < -0.4 is 4.72 Å². The van der Waals surface area contributed by atoms with Gasteiger partial charge in [0.25, 0.3) is 0 Å². The highest BCUT2D eigenvalue weighted by atomic mass is 32.2. The van der Waals surface area contributed by atoms with Crippen molar-refractivity contribution in [3.63, 3.8) is 0 Å². The molecule has 0 fully saturated rings. The second-order valence-electron chi connectivity index (χ2n) is 6.60. The van der Waals surface area contributed by atoms with E-state index < -0.39 is 15.6 Å². The van der Waals surface area contributed by atoms with Crippen LogP contribution in [0, 0.1) is 0 Å². The Hall–Kier alpha value is -0.870. The highest BCUT2D eigenvalue weighted by Crippen LogP contribution is 2.29. The van der Waals surface area contributed by atoms with Crippen molar-refractivity contribution >= 4 is 10.0 Å². The largest absolute Gasteiger partial charge is 0.241 e. The van der Waals surface area contributed by atoms with Gasteiger partial charge in [-0.1, -0.05) is 39.0 Å². The zero-order valence-corrected chi connectivity index (χ0v) is 12.9. The van der Waals surface area contributed by atoms with Gasteiger partial charge in [-0.2, -0.15) is 0 Å². The summed E-state index contributed by atoms with van der Waals surface area (Å²) in [6.07, 6.45) is 0. The Kier molecular flexibility index (Phi) is 3.94. The summed E-state index contributed by atoms with van der Waals surface area (Å²) in [6, 6.07) is 7.16. The number of hydrogen-bond donors (Lipinski definition) is 1. The first kappa shape index (κ1) is 15.2. The Morgan fingerprint density at radius 3 is 1.89 bits per heavy atom. The van der Waals surface area contributed by atoms with Gasteiger partial charge in [-0.3, -0.25) is 0 Å². The Bertz CT molecular complexity index is 519. The summed E-state index contributed by atoms with van der Waals surface area (Å²) in [5.41, 5.74) is 0.148. The third-order valence-electron chi connectivity index (χ3n) is 2.43. The average molecular weight is 269 g/mol.